The Hall–Kier alpha value is -0.700. The first kappa shape index (κ1) is 13.4. The quantitative estimate of drug-likeness (QED) is 0.600. The first-order valence-corrected chi connectivity index (χ1v) is 6.54. The van der Waals surface area contributed by atoms with E-state index in [1.54, 1.807) is 0 Å². The minimum Gasteiger partial charge on any atom is -0.369 e. The average Bonchev–Trinajstić information content (AvgIpc) is 2.44. The van der Waals surface area contributed by atoms with Crippen molar-refractivity contribution in [1.82, 2.24) is 13.9 Å². The van der Waals surface area contributed by atoms with Crippen molar-refractivity contribution in [1.29, 1.82) is 0 Å². The van der Waals surface area contributed by atoms with E-state index in [0.29, 0.717) is 19.6 Å². The topological polar surface area (TPSA) is 95.7 Å². The predicted molar refractivity (Wildman–Crippen MR) is 59.8 cm³/mol. The van der Waals surface area contributed by atoms with Gasteiger partial charge in [0.25, 0.3) is 10.2 Å². The first-order chi connectivity index (χ1) is 7.44. The maximum absolute atomic E-state index is 12.0. The van der Waals surface area contributed by atoms with Crippen LogP contribution in [0.5, 0.6) is 0 Å². The summed E-state index contributed by atoms with van der Waals surface area (Å²) in [5.41, 5.74) is 4.97. The van der Waals surface area contributed by atoms with Gasteiger partial charge in [0, 0.05) is 26.7 Å². The van der Waals surface area contributed by atoms with Gasteiger partial charge in [0.2, 0.25) is 5.91 Å². The number of nitrogens with zero attached hydrogens (tertiary/aromatic N) is 2. The zero-order valence-electron chi connectivity index (χ0n) is 9.35. The zero-order valence-corrected chi connectivity index (χ0v) is 10.2. The average molecular weight is 250 g/mol. The molecule has 7 nitrogen and oxygen atoms in total. The van der Waals surface area contributed by atoms with E-state index >= 15 is 0 Å². The van der Waals surface area contributed by atoms with Crippen LogP contribution >= 0.6 is 0 Å². The Bertz CT molecular complexity index is 335. The Morgan fingerprint density at radius 3 is 2.75 bits per heavy atom. The number of hydrogen-bond donors (Lipinski definition) is 2. The molecule has 0 aromatic rings. The molecule has 0 bridgehead atoms. The number of rotatable bonds is 4. The van der Waals surface area contributed by atoms with Gasteiger partial charge in [-0.3, -0.25) is 4.79 Å². The van der Waals surface area contributed by atoms with Crippen molar-refractivity contribution in [3.05, 3.63) is 0 Å². The molecule has 8 heteroatoms. The highest BCUT2D eigenvalue weighted by Gasteiger charge is 2.27. The van der Waals surface area contributed by atoms with Crippen molar-refractivity contribution in [3.8, 4) is 0 Å². The van der Waals surface area contributed by atoms with Crippen LogP contribution in [-0.2, 0) is 15.0 Å². The van der Waals surface area contributed by atoms with Crippen LogP contribution in [0, 0.1) is 0 Å². The molecule has 0 aliphatic carbocycles. The molecule has 94 valence electrons. The van der Waals surface area contributed by atoms with Crippen LogP contribution in [0.25, 0.3) is 0 Å². The van der Waals surface area contributed by atoms with Crippen LogP contribution in [0.2, 0.25) is 0 Å². The molecule has 0 aromatic carbocycles. The molecule has 1 saturated heterocycles. The summed E-state index contributed by atoms with van der Waals surface area (Å²) in [4.78, 5) is 10.7. The summed E-state index contributed by atoms with van der Waals surface area (Å²) in [6.45, 7) is 2.05. The number of carbonyl (C=O) groups is 1. The van der Waals surface area contributed by atoms with Crippen molar-refractivity contribution in [2.75, 3.05) is 39.8 Å². The van der Waals surface area contributed by atoms with Crippen LogP contribution in [-0.4, -0.2) is 62.7 Å². The molecule has 0 spiro atoms. The number of hydrogen-bond acceptors (Lipinski definition) is 4. The Labute approximate surface area is 95.8 Å². The first-order valence-electron chi connectivity index (χ1n) is 5.15. The number of nitrogens with two attached hydrogens (primary N) is 1. The highest BCUT2D eigenvalue weighted by atomic mass is 32.2. The lowest BCUT2D eigenvalue weighted by Gasteiger charge is -2.25. The van der Waals surface area contributed by atoms with E-state index in [4.69, 9.17) is 5.73 Å². The maximum Gasteiger partial charge on any atom is 0.282 e. The summed E-state index contributed by atoms with van der Waals surface area (Å²) in [6.07, 6.45) is 0.768. The molecule has 0 aromatic heterocycles. The summed E-state index contributed by atoms with van der Waals surface area (Å²) in [7, 11) is -2.20. The monoisotopic (exact) mass is 250 g/mol. The van der Waals surface area contributed by atoms with Crippen LogP contribution in [0.3, 0.4) is 0 Å². The van der Waals surface area contributed by atoms with E-state index in [9.17, 15) is 13.2 Å². The van der Waals surface area contributed by atoms with Crippen LogP contribution in [0.1, 0.15) is 6.42 Å². The minimum absolute atomic E-state index is 0.285. The molecule has 3 N–H and O–H groups in total. The number of carbonyl (C=O) groups excluding carboxylic acids is 1. The van der Waals surface area contributed by atoms with Gasteiger partial charge in [0.15, 0.2) is 0 Å². The molecule has 16 heavy (non-hydrogen) atoms. The molecule has 0 atom stereocenters. The molecule has 1 heterocycles. The van der Waals surface area contributed by atoms with Gasteiger partial charge >= 0.3 is 0 Å². The van der Waals surface area contributed by atoms with Crippen LogP contribution in [0.4, 0.5) is 0 Å². The fourth-order valence-corrected chi connectivity index (χ4v) is 2.92. The summed E-state index contributed by atoms with van der Waals surface area (Å²) in [5.74, 6) is -0.654. The van der Waals surface area contributed by atoms with Gasteiger partial charge in [0.1, 0.15) is 0 Å². The summed E-state index contributed by atoms with van der Waals surface area (Å²) in [5, 5.41) is 3.11. The largest absolute Gasteiger partial charge is 0.369 e. The van der Waals surface area contributed by atoms with Crippen LogP contribution in [0.15, 0.2) is 0 Å². The van der Waals surface area contributed by atoms with Crippen molar-refractivity contribution in [3.63, 3.8) is 0 Å². The number of nitrogens with one attached hydrogen (secondary N) is 1. The van der Waals surface area contributed by atoms with Gasteiger partial charge in [-0.25, -0.2) is 0 Å². The Balaban J connectivity index is 2.70. The Kier molecular flexibility index (Phi) is 4.66. The van der Waals surface area contributed by atoms with Gasteiger partial charge < -0.3 is 11.1 Å². The molecule has 1 aliphatic rings. The smallest absolute Gasteiger partial charge is 0.282 e. The van der Waals surface area contributed by atoms with Crippen molar-refractivity contribution in [2.45, 2.75) is 6.42 Å². The lowest BCUT2D eigenvalue weighted by atomic mass is 10.4. The molecule has 1 amide bonds. The van der Waals surface area contributed by atoms with Gasteiger partial charge in [-0.15, -0.1) is 0 Å². The number of amides is 1. The van der Waals surface area contributed by atoms with E-state index < -0.39 is 16.1 Å². The van der Waals surface area contributed by atoms with Crippen LogP contribution < -0.4 is 11.1 Å². The Morgan fingerprint density at radius 1 is 1.44 bits per heavy atom. The van der Waals surface area contributed by atoms with Gasteiger partial charge in [0.05, 0.1) is 6.54 Å². The summed E-state index contributed by atoms with van der Waals surface area (Å²) in [6, 6.07) is 0. The standard InChI is InChI=1S/C8H18N4O3S/c1-11(7-8(9)13)16(14,15)12-5-2-3-10-4-6-12/h10H,2-7H2,1H3,(H2,9,13). The van der Waals surface area contributed by atoms with Gasteiger partial charge in [-0.2, -0.15) is 17.0 Å². The third kappa shape index (κ3) is 3.41. The van der Waals surface area contributed by atoms with E-state index in [0.717, 1.165) is 17.3 Å². The molecular weight excluding hydrogens is 232 g/mol. The SMILES string of the molecule is CN(CC(N)=O)S(=O)(=O)N1CCCNCC1. The predicted octanol–water partition coefficient (Wildman–Crippen LogP) is -2.06. The van der Waals surface area contributed by atoms with Crippen molar-refractivity contribution < 1.29 is 13.2 Å². The second kappa shape index (κ2) is 5.58. The van der Waals surface area contributed by atoms with Gasteiger partial charge in [-0.05, 0) is 13.0 Å². The molecule has 0 unspecified atom stereocenters. The summed E-state index contributed by atoms with van der Waals surface area (Å²) < 4.78 is 26.3. The van der Waals surface area contributed by atoms with Crippen molar-refractivity contribution >= 4 is 16.1 Å². The fraction of sp³-hybridized carbons (Fsp3) is 0.875. The lowest BCUT2D eigenvalue weighted by molar-refractivity contribution is -0.118. The second-order valence-electron chi connectivity index (χ2n) is 3.73. The molecule has 1 aliphatic heterocycles. The highest BCUT2D eigenvalue weighted by Crippen LogP contribution is 2.07. The maximum atomic E-state index is 12.0. The van der Waals surface area contributed by atoms with Gasteiger partial charge in [-0.1, -0.05) is 0 Å². The Morgan fingerprint density at radius 2 is 2.12 bits per heavy atom. The van der Waals surface area contributed by atoms with Crippen molar-refractivity contribution in [2.24, 2.45) is 5.73 Å². The molecule has 1 fully saturated rings. The zero-order chi connectivity index (χ0) is 12.2. The lowest BCUT2D eigenvalue weighted by Crippen LogP contribution is -2.46. The fourth-order valence-electron chi connectivity index (χ4n) is 1.55. The van der Waals surface area contributed by atoms with E-state index in [-0.39, 0.29) is 6.54 Å². The second-order valence-corrected chi connectivity index (χ2v) is 5.77. The third-order valence-corrected chi connectivity index (χ3v) is 4.33. The molecule has 0 radical (unpaired) electrons. The molecule has 1 rings (SSSR count). The van der Waals surface area contributed by atoms with E-state index in [1.165, 1.54) is 11.4 Å². The van der Waals surface area contributed by atoms with E-state index in [2.05, 4.69) is 5.32 Å². The normalized spacial score (nSPS) is 19.6. The highest BCUT2D eigenvalue weighted by molar-refractivity contribution is 7.86. The molecule has 0 saturated carbocycles. The number of likely N-dealkylation sites (N-methyl/N-ethyl adjacent to an activating group) is 1. The third-order valence-electron chi connectivity index (χ3n) is 2.40. The summed E-state index contributed by atoms with van der Waals surface area (Å²) >= 11 is 0. The number of primary amides is 1. The molecular formula is C8H18N4O3S. The van der Waals surface area contributed by atoms with E-state index in [1.807, 2.05) is 0 Å². The minimum atomic E-state index is -3.55.